The number of benzene rings is 1. The summed E-state index contributed by atoms with van der Waals surface area (Å²) >= 11 is 0. The van der Waals surface area contributed by atoms with E-state index in [1.54, 1.807) is 12.4 Å². The third-order valence-electron chi connectivity index (χ3n) is 2.47. The van der Waals surface area contributed by atoms with Gasteiger partial charge in [0, 0.05) is 17.8 Å². The largest absolute Gasteiger partial charge is 0.309 e. The van der Waals surface area contributed by atoms with Crippen LogP contribution in [0.3, 0.4) is 0 Å². The highest BCUT2D eigenvalue weighted by molar-refractivity contribution is 5.60. The molecule has 0 aliphatic rings. The normalized spacial score (nSPS) is 10.2. The summed E-state index contributed by atoms with van der Waals surface area (Å²) in [5, 5.41) is 9.71. The van der Waals surface area contributed by atoms with Crippen molar-refractivity contribution in [1.82, 2.24) is 20.2 Å². The van der Waals surface area contributed by atoms with Crippen molar-refractivity contribution < 1.29 is 0 Å². The van der Waals surface area contributed by atoms with Gasteiger partial charge in [0.2, 0.25) is 5.95 Å². The summed E-state index contributed by atoms with van der Waals surface area (Å²) in [6.07, 6.45) is 3.40. The summed E-state index contributed by atoms with van der Waals surface area (Å²) in [7, 11) is 0. The monoisotopic (exact) mass is 237 g/mol. The number of anilines is 2. The number of nitrogens with zero attached hydrogens (tertiary/aromatic N) is 3. The van der Waals surface area contributed by atoms with Crippen LogP contribution in [0.15, 0.2) is 54.9 Å². The van der Waals surface area contributed by atoms with Crippen LogP contribution in [0.4, 0.5) is 11.8 Å². The Bertz CT molecular complexity index is 619. The van der Waals surface area contributed by atoms with Gasteiger partial charge in [-0.3, -0.25) is 5.10 Å². The van der Waals surface area contributed by atoms with Crippen molar-refractivity contribution in [3.05, 3.63) is 54.9 Å². The van der Waals surface area contributed by atoms with Crippen molar-refractivity contribution in [3.63, 3.8) is 0 Å². The predicted octanol–water partition coefficient (Wildman–Crippen LogP) is 2.61. The molecule has 18 heavy (non-hydrogen) atoms. The second-order valence-electron chi connectivity index (χ2n) is 3.73. The highest BCUT2D eigenvalue weighted by atomic mass is 15.2. The van der Waals surface area contributed by atoms with E-state index in [2.05, 4.69) is 25.5 Å². The Kier molecular flexibility index (Phi) is 2.71. The molecule has 2 heterocycles. The van der Waals surface area contributed by atoms with Crippen molar-refractivity contribution >= 4 is 11.8 Å². The van der Waals surface area contributed by atoms with Crippen molar-refractivity contribution in [3.8, 4) is 11.3 Å². The zero-order valence-electron chi connectivity index (χ0n) is 9.54. The van der Waals surface area contributed by atoms with Crippen LogP contribution in [0.5, 0.6) is 0 Å². The molecule has 0 aliphatic heterocycles. The molecular formula is C13H11N5. The maximum atomic E-state index is 4.45. The Balaban J connectivity index is 1.90. The van der Waals surface area contributed by atoms with E-state index in [0.29, 0.717) is 5.95 Å². The highest BCUT2D eigenvalue weighted by Gasteiger charge is 2.02. The summed E-state index contributed by atoms with van der Waals surface area (Å²) in [6, 6.07) is 13.7. The van der Waals surface area contributed by atoms with Crippen molar-refractivity contribution in [2.75, 3.05) is 5.32 Å². The van der Waals surface area contributed by atoms with E-state index in [4.69, 9.17) is 0 Å². The van der Waals surface area contributed by atoms with E-state index in [-0.39, 0.29) is 0 Å². The molecule has 0 saturated heterocycles. The van der Waals surface area contributed by atoms with E-state index in [1.165, 1.54) is 0 Å². The minimum Gasteiger partial charge on any atom is -0.309 e. The standard InChI is InChI=1S/C13H11N5/c1-2-4-10(5-3-1)11-6-8-14-13(16-11)17-12-7-9-15-18-12/h1-9H,(H2,14,15,16,17,18). The average Bonchev–Trinajstić information content (AvgIpc) is 2.93. The van der Waals surface area contributed by atoms with Gasteiger partial charge in [-0.15, -0.1) is 0 Å². The lowest BCUT2D eigenvalue weighted by atomic mass is 10.1. The molecule has 3 rings (SSSR count). The van der Waals surface area contributed by atoms with Crippen LogP contribution in [0.1, 0.15) is 0 Å². The minimum atomic E-state index is 0.542. The molecule has 5 heteroatoms. The van der Waals surface area contributed by atoms with Gasteiger partial charge in [0.05, 0.1) is 11.9 Å². The van der Waals surface area contributed by atoms with Crippen molar-refractivity contribution in [2.24, 2.45) is 0 Å². The number of H-pyrrole nitrogens is 1. The van der Waals surface area contributed by atoms with Crippen molar-refractivity contribution in [2.45, 2.75) is 0 Å². The number of rotatable bonds is 3. The van der Waals surface area contributed by atoms with Gasteiger partial charge in [-0.25, -0.2) is 9.97 Å². The summed E-state index contributed by atoms with van der Waals surface area (Å²) in [6.45, 7) is 0. The van der Waals surface area contributed by atoms with Crippen LogP contribution in [0.25, 0.3) is 11.3 Å². The SMILES string of the molecule is c1ccc(-c2ccnc(Nc3ccn[nH]3)n2)cc1. The lowest BCUT2D eigenvalue weighted by molar-refractivity contribution is 1.08. The Morgan fingerprint density at radius 2 is 1.83 bits per heavy atom. The predicted molar refractivity (Wildman–Crippen MR) is 69.3 cm³/mol. The molecular weight excluding hydrogens is 226 g/mol. The smallest absolute Gasteiger partial charge is 0.228 e. The number of hydrogen-bond donors (Lipinski definition) is 2. The molecule has 1 aromatic carbocycles. The first-order valence-electron chi connectivity index (χ1n) is 5.57. The van der Waals surface area contributed by atoms with Gasteiger partial charge in [0.25, 0.3) is 0 Å². The third kappa shape index (κ3) is 2.20. The van der Waals surface area contributed by atoms with Gasteiger partial charge < -0.3 is 5.32 Å². The molecule has 0 radical (unpaired) electrons. The molecule has 2 N–H and O–H groups in total. The fraction of sp³-hybridized carbons (Fsp3) is 0. The zero-order valence-corrected chi connectivity index (χ0v) is 9.54. The van der Waals surface area contributed by atoms with E-state index < -0.39 is 0 Å². The molecule has 0 amide bonds. The lowest BCUT2D eigenvalue weighted by Crippen LogP contribution is -1.98. The van der Waals surface area contributed by atoms with Crippen LogP contribution in [-0.4, -0.2) is 20.2 Å². The first kappa shape index (κ1) is 10.5. The lowest BCUT2D eigenvalue weighted by Gasteiger charge is -2.04. The zero-order chi connectivity index (χ0) is 12.2. The van der Waals surface area contributed by atoms with Gasteiger partial charge in [0.1, 0.15) is 5.82 Å². The second kappa shape index (κ2) is 4.67. The molecule has 0 aliphatic carbocycles. The molecule has 0 bridgehead atoms. The molecule has 5 nitrogen and oxygen atoms in total. The molecule has 88 valence electrons. The first-order chi connectivity index (χ1) is 8.92. The molecule has 0 fully saturated rings. The van der Waals surface area contributed by atoms with Gasteiger partial charge in [-0.2, -0.15) is 5.10 Å². The topological polar surface area (TPSA) is 66.5 Å². The van der Waals surface area contributed by atoms with Crippen LogP contribution in [0, 0.1) is 0 Å². The van der Waals surface area contributed by atoms with Crippen LogP contribution >= 0.6 is 0 Å². The number of aromatic nitrogens is 4. The minimum absolute atomic E-state index is 0.542. The third-order valence-corrected chi connectivity index (χ3v) is 2.47. The molecule has 0 unspecified atom stereocenters. The highest BCUT2D eigenvalue weighted by Crippen LogP contribution is 2.17. The van der Waals surface area contributed by atoms with Crippen LogP contribution in [0.2, 0.25) is 0 Å². The number of hydrogen-bond acceptors (Lipinski definition) is 4. The maximum absolute atomic E-state index is 4.45. The van der Waals surface area contributed by atoms with E-state index in [1.807, 2.05) is 42.5 Å². The van der Waals surface area contributed by atoms with Gasteiger partial charge >= 0.3 is 0 Å². The van der Waals surface area contributed by atoms with E-state index in [9.17, 15) is 0 Å². The molecule has 0 spiro atoms. The summed E-state index contributed by atoms with van der Waals surface area (Å²) in [5.74, 6) is 1.31. The molecule has 3 aromatic rings. The summed E-state index contributed by atoms with van der Waals surface area (Å²) in [5.41, 5.74) is 1.94. The first-order valence-corrected chi connectivity index (χ1v) is 5.57. The van der Waals surface area contributed by atoms with Gasteiger partial charge in [0.15, 0.2) is 0 Å². The van der Waals surface area contributed by atoms with Crippen molar-refractivity contribution in [1.29, 1.82) is 0 Å². The Labute approximate surface area is 104 Å². The van der Waals surface area contributed by atoms with Crippen LogP contribution in [-0.2, 0) is 0 Å². The molecule has 0 atom stereocenters. The maximum Gasteiger partial charge on any atom is 0.228 e. The van der Waals surface area contributed by atoms with E-state index >= 15 is 0 Å². The summed E-state index contributed by atoms with van der Waals surface area (Å²) < 4.78 is 0. The van der Waals surface area contributed by atoms with Gasteiger partial charge in [-0.05, 0) is 6.07 Å². The van der Waals surface area contributed by atoms with E-state index in [0.717, 1.165) is 17.1 Å². The number of aromatic amines is 1. The molecule has 0 saturated carbocycles. The number of nitrogens with one attached hydrogen (secondary N) is 2. The van der Waals surface area contributed by atoms with Gasteiger partial charge in [-0.1, -0.05) is 30.3 Å². The Hall–Kier alpha value is -2.69. The quantitative estimate of drug-likeness (QED) is 0.734. The molecule has 2 aromatic heterocycles. The second-order valence-corrected chi connectivity index (χ2v) is 3.73. The Morgan fingerprint density at radius 3 is 2.61 bits per heavy atom. The fourth-order valence-corrected chi connectivity index (χ4v) is 1.63. The van der Waals surface area contributed by atoms with Crippen LogP contribution < -0.4 is 5.32 Å². The summed E-state index contributed by atoms with van der Waals surface area (Å²) in [4.78, 5) is 8.62. The fourth-order valence-electron chi connectivity index (χ4n) is 1.63. The average molecular weight is 237 g/mol. The Morgan fingerprint density at radius 1 is 0.944 bits per heavy atom.